The maximum Gasteiger partial charge on any atom is 0.246 e. The lowest BCUT2D eigenvalue weighted by Gasteiger charge is -2.23. The number of hydrazine groups is 2. The first-order chi connectivity index (χ1) is 13.7. The molecule has 0 radical (unpaired) electrons. The van der Waals surface area contributed by atoms with Gasteiger partial charge in [0.1, 0.15) is 23.6 Å². The molecule has 1 aromatic heterocycles. The molecule has 3 aromatic rings. The van der Waals surface area contributed by atoms with Crippen LogP contribution >= 0.6 is 18.7 Å². The van der Waals surface area contributed by atoms with E-state index in [9.17, 15) is 4.57 Å². The Labute approximate surface area is 174 Å². The Bertz CT molecular complexity index is 1060. The molecule has 8 nitrogen and oxygen atoms in total. The van der Waals surface area contributed by atoms with Gasteiger partial charge in [-0.15, -0.1) is 0 Å². The zero-order chi connectivity index (χ0) is 21.2. The molecule has 0 unspecified atom stereocenters. The normalized spacial score (nSPS) is 11.2. The highest BCUT2D eigenvalue weighted by atomic mass is 35.5. The topological polar surface area (TPSA) is 111 Å². The third-order valence-corrected chi connectivity index (χ3v) is 6.02. The second-order valence-corrected chi connectivity index (χ2v) is 10.2. The van der Waals surface area contributed by atoms with Gasteiger partial charge in [0.15, 0.2) is 5.82 Å². The number of hydrogen-bond acceptors (Lipinski definition) is 8. The number of halogens is 1. The quantitative estimate of drug-likeness (QED) is 0.346. The lowest BCUT2D eigenvalue weighted by molar-refractivity contribution is 0.415. The van der Waals surface area contributed by atoms with Crippen molar-refractivity contribution in [2.45, 2.75) is 0 Å². The zero-order valence-corrected chi connectivity index (χ0v) is 17.9. The van der Waals surface area contributed by atoms with Crippen molar-refractivity contribution in [2.24, 2.45) is 11.7 Å². The SMILES string of the molecule is COc1cc(P(C)(C)=O)ccc1N(N)c1ncc(Cl)c(N(N)c2ccccc2)n1. The molecule has 29 heavy (non-hydrogen) atoms. The number of hydrogen-bond donors (Lipinski definition) is 2. The number of anilines is 4. The molecule has 0 atom stereocenters. The predicted molar refractivity (Wildman–Crippen MR) is 118 cm³/mol. The number of nitrogens with two attached hydrogens (primary N) is 2. The van der Waals surface area contributed by atoms with Gasteiger partial charge in [0, 0.05) is 5.30 Å². The molecule has 0 fully saturated rings. The van der Waals surface area contributed by atoms with Gasteiger partial charge in [0.05, 0.1) is 19.0 Å². The summed E-state index contributed by atoms with van der Waals surface area (Å²) in [5.74, 6) is 13.4. The molecule has 0 aliphatic rings. The first kappa shape index (κ1) is 21.1. The van der Waals surface area contributed by atoms with Crippen molar-refractivity contribution in [1.82, 2.24) is 9.97 Å². The molecular formula is C19H22ClN6O2P. The van der Waals surface area contributed by atoms with Gasteiger partial charge in [-0.3, -0.25) is 5.01 Å². The average Bonchev–Trinajstić information content (AvgIpc) is 2.72. The van der Waals surface area contributed by atoms with Crippen molar-refractivity contribution in [3.8, 4) is 5.75 Å². The van der Waals surface area contributed by atoms with E-state index in [0.717, 1.165) is 0 Å². The van der Waals surface area contributed by atoms with Crippen molar-refractivity contribution in [3.05, 3.63) is 59.8 Å². The number of methoxy groups -OCH3 is 1. The Morgan fingerprint density at radius 1 is 1.07 bits per heavy atom. The van der Waals surface area contributed by atoms with Gasteiger partial charge in [-0.05, 0) is 43.7 Å². The van der Waals surface area contributed by atoms with Crippen LogP contribution in [-0.2, 0) is 4.57 Å². The monoisotopic (exact) mass is 432 g/mol. The molecule has 0 saturated carbocycles. The van der Waals surface area contributed by atoms with Crippen LogP contribution in [0.4, 0.5) is 23.1 Å². The maximum atomic E-state index is 12.4. The first-order valence-corrected chi connectivity index (χ1v) is 11.6. The van der Waals surface area contributed by atoms with E-state index in [4.69, 9.17) is 28.0 Å². The summed E-state index contributed by atoms with van der Waals surface area (Å²) in [5, 5.41) is 3.57. The van der Waals surface area contributed by atoms with Crippen LogP contribution in [0, 0.1) is 0 Å². The van der Waals surface area contributed by atoms with Gasteiger partial charge in [0.25, 0.3) is 0 Å². The molecule has 0 spiro atoms. The highest BCUT2D eigenvalue weighted by Crippen LogP contribution is 2.39. The van der Waals surface area contributed by atoms with E-state index in [1.807, 2.05) is 30.3 Å². The van der Waals surface area contributed by atoms with Crippen molar-refractivity contribution in [2.75, 3.05) is 30.5 Å². The summed E-state index contributed by atoms with van der Waals surface area (Å²) in [7, 11) is -0.941. The average molecular weight is 433 g/mol. The fourth-order valence-electron chi connectivity index (χ4n) is 2.65. The van der Waals surface area contributed by atoms with Crippen LogP contribution in [0.1, 0.15) is 0 Å². The second-order valence-electron chi connectivity index (χ2n) is 6.62. The van der Waals surface area contributed by atoms with Crippen molar-refractivity contribution in [1.29, 1.82) is 0 Å². The largest absolute Gasteiger partial charge is 0.494 e. The highest BCUT2D eigenvalue weighted by Gasteiger charge is 2.20. The minimum absolute atomic E-state index is 0.165. The number of para-hydroxylation sites is 1. The Hall–Kier alpha value is -2.64. The lowest BCUT2D eigenvalue weighted by Crippen LogP contribution is -2.30. The summed E-state index contributed by atoms with van der Waals surface area (Å²) in [5.41, 5.74) is 1.20. The second kappa shape index (κ2) is 8.39. The van der Waals surface area contributed by atoms with Crippen LogP contribution in [0.15, 0.2) is 54.7 Å². The molecular weight excluding hydrogens is 411 g/mol. The predicted octanol–water partition coefficient (Wildman–Crippen LogP) is 3.41. The molecule has 152 valence electrons. The molecule has 3 rings (SSSR count). The Kier molecular flexibility index (Phi) is 6.10. The fraction of sp³-hybridized carbons (Fsp3) is 0.158. The fourth-order valence-corrected chi connectivity index (χ4v) is 3.70. The first-order valence-electron chi connectivity index (χ1n) is 8.63. The molecule has 2 aromatic carbocycles. The molecule has 10 heteroatoms. The van der Waals surface area contributed by atoms with E-state index in [1.54, 1.807) is 31.5 Å². The molecule has 0 aliphatic carbocycles. The molecule has 1 heterocycles. The van der Waals surface area contributed by atoms with E-state index in [1.165, 1.54) is 23.3 Å². The minimum atomic E-state index is -2.45. The standard InChI is InChI=1S/C19H22ClN6O2P/c1-28-17-11-14(29(2,3)27)9-10-16(17)26(22)19-23-12-15(20)18(24-19)25(21)13-7-5-4-6-8-13/h4-12H,21-22H2,1-3H3. The van der Waals surface area contributed by atoms with Gasteiger partial charge in [-0.1, -0.05) is 29.8 Å². The summed E-state index contributed by atoms with van der Waals surface area (Å²) in [6.07, 6.45) is 1.43. The maximum absolute atomic E-state index is 12.4. The van der Waals surface area contributed by atoms with Crippen molar-refractivity contribution in [3.63, 3.8) is 0 Å². The van der Waals surface area contributed by atoms with E-state index in [2.05, 4.69) is 9.97 Å². The number of nitrogens with zero attached hydrogens (tertiary/aromatic N) is 4. The Morgan fingerprint density at radius 3 is 2.38 bits per heavy atom. The molecule has 0 amide bonds. The lowest BCUT2D eigenvalue weighted by atomic mass is 10.3. The summed E-state index contributed by atoms with van der Waals surface area (Å²) < 4.78 is 17.8. The Morgan fingerprint density at radius 2 is 1.76 bits per heavy atom. The molecule has 0 saturated heterocycles. The van der Waals surface area contributed by atoms with E-state index in [0.29, 0.717) is 28.2 Å². The number of aromatic nitrogens is 2. The summed E-state index contributed by atoms with van der Waals surface area (Å²) in [4.78, 5) is 8.62. The zero-order valence-electron chi connectivity index (χ0n) is 16.3. The molecule has 0 aliphatic heterocycles. The highest BCUT2D eigenvalue weighted by molar-refractivity contribution is 7.70. The third-order valence-electron chi connectivity index (χ3n) is 4.24. The number of rotatable bonds is 6. The minimum Gasteiger partial charge on any atom is -0.494 e. The van der Waals surface area contributed by atoms with Gasteiger partial charge in [-0.25, -0.2) is 21.7 Å². The smallest absolute Gasteiger partial charge is 0.246 e. The summed E-state index contributed by atoms with van der Waals surface area (Å²) in [6.45, 7) is 3.38. The Balaban J connectivity index is 2.00. The van der Waals surface area contributed by atoms with Crippen LogP contribution in [0.25, 0.3) is 0 Å². The van der Waals surface area contributed by atoms with Gasteiger partial charge in [-0.2, -0.15) is 4.98 Å². The molecule has 4 N–H and O–H groups in total. The molecule has 0 bridgehead atoms. The van der Waals surface area contributed by atoms with Gasteiger partial charge >= 0.3 is 0 Å². The summed E-state index contributed by atoms with van der Waals surface area (Å²) in [6, 6.07) is 14.4. The van der Waals surface area contributed by atoms with Crippen LogP contribution in [-0.4, -0.2) is 30.4 Å². The van der Waals surface area contributed by atoms with E-state index >= 15 is 0 Å². The summed E-state index contributed by atoms with van der Waals surface area (Å²) >= 11 is 6.26. The third kappa shape index (κ3) is 4.52. The van der Waals surface area contributed by atoms with Crippen LogP contribution in [0.5, 0.6) is 5.75 Å². The van der Waals surface area contributed by atoms with Gasteiger partial charge < -0.3 is 9.30 Å². The van der Waals surface area contributed by atoms with Crippen molar-refractivity contribution >= 4 is 47.2 Å². The van der Waals surface area contributed by atoms with Gasteiger partial charge in [0.2, 0.25) is 5.95 Å². The van der Waals surface area contributed by atoms with Crippen molar-refractivity contribution < 1.29 is 9.30 Å². The number of benzene rings is 2. The van der Waals surface area contributed by atoms with E-state index in [-0.39, 0.29) is 11.0 Å². The van der Waals surface area contributed by atoms with Crippen LogP contribution < -0.4 is 31.7 Å². The van der Waals surface area contributed by atoms with E-state index < -0.39 is 7.14 Å². The number of ether oxygens (including phenoxy) is 1. The van der Waals surface area contributed by atoms with Crippen LogP contribution in [0.2, 0.25) is 5.02 Å². The van der Waals surface area contributed by atoms with Crippen LogP contribution in [0.3, 0.4) is 0 Å².